The second-order valence-electron chi connectivity index (χ2n) is 4.45. The lowest BCUT2D eigenvalue weighted by Crippen LogP contribution is -2.29. The molecule has 8 heteroatoms. The number of rotatable bonds is 8. The third-order valence-corrected chi connectivity index (χ3v) is 2.85. The van der Waals surface area contributed by atoms with Crippen molar-refractivity contribution in [1.29, 1.82) is 0 Å². The van der Waals surface area contributed by atoms with Gasteiger partial charge in [-0.1, -0.05) is 0 Å². The van der Waals surface area contributed by atoms with Gasteiger partial charge in [0.05, 0.1) is 10.5 Å². The summed E-state index contributed by atoms with van der Waals surface area (Å²) in [4.78, 5) is 28.1. The number of pyridine rings is 1. The predicted octanol–water partition coefficient (Wildman–Crippen LogP) is 1.53. The smallest absolute Gasteiger partial charge is 0.288 e. The van der Waals surface area contributed by atoms with E-state index in [1.165, 1.54) is 11.0 Å². The van der Waals surface area contributed by atoms with Gasteiger partial charge in [-0.2, -0.15) is 0 Å². The molecule has 0 aliphatic heterocycles. The highest BCUT2D eigenvalue weighted by atomic mass is 16.6. The molecule has 0 radical (unpaired) electrons. The van der Waals surface area contributed by atoms with Gasteiger partial charge in [0.15, 0.2) is 0 Å². The Morgan fingerprint density at radius 3 is 2.86 bits per heavy atom. The van der Waals surface area contributed by atoms with E-state index >= 15 is 0 Å². The zero-order valence-corrected chi connectivity index (χ0v) is 12.5. The van der Waals surface area contributed by atoms with Gasteiger partial charge in [-0.3, -0.25) is 14.9 Å². The largest absolute Gasteiger partial charge is 0.385 e. The summed E-state index contributed by atoms with van der Waals surface area (Å²) in [6, 6.07) is 1.25. The molecule has 0 aromatic carbocycles. The van der Waals surface area contributed by atoms with Gasteiger partial charge in [-0.25, -0.2) is 4.98 Å². The third kappa shape index (κ3) is 4.67. The first kappa shape index (κ1) is 16.8. The summed E-state index contributed by atoms with van der Waals surface area (Å²) in [5, 5.41) is 13.8. The van der Waals surface area contributed by atoms with Crippen LogP contribution in [0.25, 0.3) is 0 Å². The maximum absolute atomic E-state index is 12.4. The van der Waals surface area contributed by atoms with Gasteiger partial charge >= 0.3 is 0 Å². The summed E-state index contributed by atoms with van der Waals surface area (Å²) in [7, 11) is 3.24. The van der Waals surface area contributed by atoms with E-state index in [2.05, 4.69) is 10.3 Å². The molecular weight excluding hydrogens is 276 g/mol. The molecule has 0 aliphatic carbocycles. The highest BCUT2D eigenvalue weighted by Crippen LogP contribution is 2.20. The standard InChI is InChI=1S/C13H20N4O4/c1-4-14-12-11(8-10(9-15-12)17(19)20)13(18)16(2)6-5-7-21-3/h8-9H,4-7H2,1-3H3,(H,14,15). The van der Waals surface area contributed by atoms with Crippen LogP contribution in [0.15, 0.2) is 12.3 Å². The van der Waals surface area contributed by atoms with E-state index in [9.17, 15) is 14.9 Å². The van der Waals surface area contributed by atoms with Crippen molar-refractivity contribution in [3.05, 3.63) is 27.9 Å². The number of amides is 1. The van der Waals surface area contributed by atoms with Crippen LogP contribution in [-0.2, 0) is 4.74 Å². The molecule has 1 N–H and O–H groups in total. The Bertz CT molecular complexity index is 507. The molecule has 0 aliphatic rings. The average molecular weight is 296 g/mol. The SMILES string of the molecule is CCNc1ncc([N+](=O)[O-])cc1C(=O)N(C)CCCOC. The lowest BCUT2D eigenvalue weighted by Gasteiger charge is -2.18. The number of aromatic nitrogens is 1. The number of nitro groups is 1. The van der Waals surface area contributed by atoms with E-state index in [0.29, 0.717) is 31.9 Å². The fraction of sp³-hybridized carbons (Fsp3) is 0.538. The fourth-order valence-corrected chi connectivity index (χ4v) is 1.78. The zero-order chi connectivity index (χ0) is 15.8. The van der Waals surface area contributed by atoms with Crippen LogP contribution < -0.4 is 5.32 Å². The molecule has 1 aromatic rings. The number of carbonyl (C=O) groups is 1. The maximum Gasteiger partial charge on any atom is 0.288 e. The van der Waals surface area contributed by atoms with Crippen LogP contribution in [0.4, 0.5) is 11.5 Å². The van der Waals surface area contributed by atoms with Crippen molar-refractivity contribution in [2.45, 2.75) is 13.3 Å². The monoisotopic (exact) mass is 296 g/mol. The van der Waals surface area contributed by atoms with Gasteiger partial charge in [0.1, 0.15) is 12.0 Å². The van der Waals surface area contributed by atoms with Crippen molar-refractivity contribution >= 4 is 17.4 Å². The normalized spacial score (nSPS) is 10.2. The summed E-state index contributed by atoms with van der Waals surface area (Å²) in [5.74, 6) is 0.0462. The minimum Gasteiger partial charge on any atom is -0.385 e. The van der Waals surface area contributed by atoms with Gasteiger partial charge < -0.3 is 15.0 Å². The Labute approximate surface area is 123 Å². The minimum atomic E-state index is -0.565. The fourth-order valence-electron chi connectivity index (χ4n) is 1.78. The van der Waals surface area contributed by atoms with Crippen molar-refractivity contribution in [2.24, 2.45) is 0 Å². The van der Waals surface area contributed by atoms with Gasteiger partial charge in [-0.05, 0) is 13.3 Å². The molecular formula is C13H20N4O4. The van der Waals surface area contributed by atoms with Gasteiger partial charge in [0.2, 0.25) is 0 Å². The van der Waals surface area contributed by atoms with Gasteiger partial charge in [0, 0.05) is 39.9 Å². The Morgan fingerprint density at radius 2 is 2.29 bits per heavy atom. The number of nitrogens with one attached hydrogen (secondary N) is 1. The molecule has 0 atom stereocenters. The van der Waals surface area contributed by atoms with E-state index in [0.717, 1.165) is 6.20 Å². The first-order valence-corrected chi connectivity index (χ1v) is 6.64. The molecule has 0 fully saturated rings. The quantitative estimate of drug-likeness (QED) is 0.444. The maximum atomic E-state index is 12.4. The number of nitrogens with zero attached hydrogens (tertiary/aromatic N) is 3. The second-order valence-corrected chi connectivity index (χ2v) is 4.45. The molecule has 116 valence electrons. The number of hydrogen-bond donors (Lipinski definition) is 1. The van der Waals surface area contributed by atoms with Gasteiger partial charge in [0.25, 0.3) is 11.6 Å². The summed E-state index contributed by atoms with van der Waals surface area (Å²) >= 11 is 0. The number of anilines is 1. The lowest BCUT2D eigenvalue weighted by molar-refractivity contribution is -0.385. The Hall–Kier alpha value is -2.22. The van der Waals surface area contributed by atoms with Crippen LogP contribution in [0.1, 0.15) is 23.7 Å². The van der Waals surface area contributed by atoms with Crippen LogP contribution in [-0.4, -0.2) is 54.6 Å². The number of hydrogen-bond acceptors (Lipinski definition) is 6. The van der Waals surface area contributed by atoms with Crippen molar-refractivity contribution in [3.63, 3.8) is 0 Å². The average Bonchev–Trinajstić information content (AvgIpc) is 2.47. The van der Waals surface area contributed by atoms with Gasteiger partial charge in [-0.15, -0.1) is 0 Å². The Balaban J connectivity index is 2.98. The first-order valence-electron chi connectivity index (χ1n) is 6.64. The third-order valence-electron chi connectivity index (χ3n) is 2.85. The lowest BCUT2D eigenvalue weighted by atomic mass is 10.2. The van der Waals surface area contributed by atoms with Crippen LogP contribution >= 0.6 is 0 Å². The van der Waals surface area contributed by atoms with Crippen molar-refractivity contribution in [2.75, 3.05) is 39.2 Å². The molecule has 0 saturated heterocycles. The van der Waals surface area contributed by atoms with Crippen LogP contribution in [0.5, 0.6) is 0 Å². The molecule has 21 heavy (non-hydrogen) atoms. The highest BCUT2D eigenvalue weighted by molar-refractivity contribution is 5.99. The predicted molar refractivity (Wildman–Crippen MR) is 78.5 cm³/mol. The van der Waals surface area contributed by atoms with E-state index in [1.807, 2.05) is 6.92 Å². The molecule has 1 rings (SSSR count). The molecule has 8 nitrogen and oxygen atoms in total. The van der Waals surface area contributed by atoms with Crippen LogP contribution in [0.3, 0.4) is 0 Å². The molecule has 0 unspecified atom stereocenters. The second kappa shape index (κ2) is 8.15. The highest BCUT2D eigenvalue weighted by Gasteiger charge is 2.20. The summed E-state index contributed by atoms with van der Waals surface area (Å²) in [5.41, 5.74) is -0.00346. The van der Waals surface area contributed by atoms with Crippen molar-refractivity contribution in [1.82, 2.24) is 9.88 Å². The van der Waals surface area contributed by atoms with Crippen LogP contribution in [0.2, 0.25) is 0 Å². The molecule has 0 saturated carbocycles. The molecule has 0 spiro atoms. The molecule has 1 heterocycles. The Kier molecular flexibility index (Phi) is 6.54. The van der Waals surface area contributed by atoms with Crippen molar-refractivity contribution in [3.8, 4) is 0 Å². The summed E-state index contributed by atoms with van der Waals surface area (Å²) in [6.07, 6.45) is 1.83. The number of methoxy groups -OCH3 is 1. The molecule has 0 bridgehead atoms. The molecule has 1 aromatic heterocycles. The van der Waals surface area contributed by atoms with E-state index in [-0.39, 0.29) is 17.2 Å². The van der Waals surface area contributed by atoms with Crippen LogP contribution in [0, 0.1) is 10.1 Å². The van der Waals surface area contributed by atoms with E-state index in [1.54, 1.807) is 14.2 Å². The number of carbonyl (C=O) groups excluding carboxylic acids is 1. The topological polar surface area (TPSA) is 97.6 Å². The number of ether oxygens (including phenoxy) is 1. The summed E-state index contributed by atoms with van der Waals surface area (Å²) in [6.45, 7) is 3.48. The minimum absolute atomic E-state index is 0.200. The van der Waals surface area contributed by atoms with E-state index in [4.69, 9.17) is 4.74 Å². The summed E-state index contributed by atoms with van der Waals surface area (Å²) < 4.78 is 4.94. The molecule has 1 amide bonds. The Morgan fingerprint density at radius 1 is 1.57 bits per heavy atom. The van der Waals surface area contributed by atoms with E-state index < -0.39 is 4.92 Å². The first-order chi connectivity index (χ1) is 10.0. The zero-order valence-electron chi connectivity index (χ0n) is 12.5. The van der Waals surface area contributed by atoms with Crippen molar-refractivity contribution < 1.29 is 14.5 Å².